The summed E-state index contributed by atoms with van der Waals surface area (Å²) in [5.74, 6) is -0.103. The summed E-state index contributed by atoms with van der Waals surface area (Å²) in [5, 5.41) is 5.59. The first-order valence-corrected chi connectivity index (χ1v) is 11.9. The van der Waals surface area contributed by atoms with Crippen LogP contribution in [0.15, 0.2) is 65.9 Å². The molecule has 1 atom stereocenters. The number of hydrogen-bond acceptors (Lipinski definition) is 5. The van der Waals surface area contributed by atoms with Gasteiger partial charge in [-0.25, -0.2) is 14.4 Å². The maximum absolute atomic E-state index is 13.1. The molecule has 1 saturated carbocycles. The molecule has 2 aliphatic rings. The third-order valence-electron chi connectivity index (χ3n) is 6.34. The van der Waals surface area contributed by atoms with Crippen molar-refractivity contribution in [3.05, 3.63) is 77.0 Å². The Bertz CT molecular complexity index is 1060. The second-order valence-corrected chi connectivity index (χ2v) is 8.70. The molecular formula is C27H30N2O5. The second kappa shape index (κ2) is 11.0. The van der Waals surface area contributed by atoms with E-state index in [2.05, 4.69) is 10.6 Å². The SMILES string of the molecule is CCC1=C(C(=O)OCC2CCCCC2)[C@H](c2ccc(OC(=O)c3ccccc3)cc2)NC(=O)N1. The van der Waals surface area contributed by atoms with Gasteiger partial charge in [0.15, 0.2) is 0 Å². The van der Waals surface area contributed by atoms with Gasteiger partial charge in [0.2, 0.25) is 0 Å². The number of allylic oxidation sites excluding steroid dienone is 1. The molecule has 0 saturated heterocycles. The standard InChI is InChI=1S/C27H30N2O5/c1-2-22-23(26(31)33-17-18-9-5-3-6-10-18)24(29-27(32)28-22)19-13-15-21(16-14-19)34-25(30)20-11-7-4-8-12-20/h4,7-8,11-16,18,24H,2-3,5-6,9-10,17H2,1H3,(H2,28,29,32)/t24-/m0/s1. The summed E-state index contributed by atoms with van der Waals surface area (Å²) in [6.45, 7) is 2.28. The molecule has 1 fully saturated rings. The van der Waals surface area contributed by atoms with Gasteiger partial charge in [-0.2, -0.15) is 0 Å². The van der Waals surface area contributed by atoms with E-state index in [0.717, 1.165) is 12.8 Å². The van der Waals surface area contributed by atoms with E-state index >= 15 is 0 Å². The van der Waals surface area contributed by atoms with Crippen molar-refractivity contribution in [1.29, 1.82) is 0 Å². The average Bonchev–Trinajstić information content (AvgIpc) is 2.88. The lowest BCUT2D eigenvalue weighted by molar-refractivity contribution is -0.141. The molecule has 0 aromatic heterocycles. The lowest BCUT2D eigenvalue weighted by Gasteiger charge is -2.30. The minimum Gasteiger partial charge on any atom is -0.462 e. The number of rotatable bonds is 7. The van der Waals surface area contributed by atoms with Gasteiger partial charge in [0.05, 0.1) is 23.8 Å². The Morgan fingerprint density at radius 1 is 0.941 bits per heavy atom. The average molecular weight is 463 g/mol. The van der Waals surface area contributed by atoms with E-state index in [9.17, 15) is 14.4 Å². The van der Waals surface area contributed by atoms with Crippen molar-refractivity contribution in [2.45, 2.75) is 51.5 Å². The van der Waals surface area contributed by atoms with E-state index in [1.54, 1.807) is 48.5 Å². The van der Waals surface area contributed by atoms with Crippen molar-refractivity contribution >= 4 is 18.0 Å². The largest absolute Gasteiger partial charge is 0.462 e. The van der Waals surface area contributed by atoms with Gasteiger partial charge in [-0.05, 0) is 55.0 Å². The van der Waals surface area contributed by atoms with Crippen LogP contribution in [0, 0.1) is 5.92 Å². The van der Waals surface area contributed by atoms with E-state index in [0.29, 0.717) is 47.1 Å². The molecule has 4 rings (SSSR count). The van der Waals surface area contributed by atoms with Gasteiger partial charge >= 0.3 is 18.0 Å². The first-order chi connectivity index (χ1) is 16.5. The molecule has 0 bridgehead atoms. The molecule has 1 heterocycles. The van der Waals surface area contributed by atoms with Gasteiger partial charge in [0, 0.05) is 5.70 Å². The molecule has 0 spiro atoms. The van der Waals surface area contributed by atoms with Crippen LogP contribution < -0.4 is 15.4 Å². The fraction of sp³-hybridized carbons (Fsp3) is 0.370. The fourth-order valence-corrected chi connectivity index (χ4v) is 4.48. The predicted octanol–water partition coefficient (Wildman–Crippen LogP) is 5.05. The lowest BCUT2D eigenvalue weighted by atomic mass is 9.90. The first-order valence-electron chi connectivity index (χ1n) is 11.9. The quantitative estimate of drug-likeness (QED) is 0.444. The highest BCUT2D eigenvalue weighted by molar-refractivity contribution is 5.95. The number of carbonyl (C=O) groups is 3. The second-order valence-electron chi connectivity index (χ2n) is 8.70. The van der Waals surface area contributed by atoms with Crippen LogP contribution in [0.2, 0.25) is 0 Å². The molecule has 178 valence electrons. The third kappa shape index (κ3) is 5.65. The zero-order valence-electron chi connectivity index (χ0n) is 19.3. The number of ether oxygens (including phenoxy) is 2. The minimum absolute atomic E-state index is 0.370. The highest BCUT2D eigenvalue weighted by Crippen LogP contribution is 2.31. The topological polar surface area (TPSA) is 93.7 Å². The highest BCUT2D eigenvalue weighted by atomic mass is 16.5. The summed E-state index contributed by atoms with van der Waals surface area (Å²) in [7, 11) is 0. The molecule has 0 unspecified atom stereocenters. The molecule has 2 aromatic carbocycles. The van der Waals surface area contributed by atoms with E-state index in [4.69, 9.17) is 9.47 Å². The van der Waals surface area contributed by atoms with Crippen LogP contribution in [0.4, 0.5) is 4.79 Å². The van der Waals surface area contributed by atoms with Gasteiger partial charge in [-0.3, -0.25) is 0 Å². The first kappa shape index (κ1) is 23.5. The monoisotopic (exact) mass is 462 g/mol. The zero-order chi connectivity index (χ0) is 23.9. The van der Waals surface area contributed by atoms with Gasteiger partial charge < -0.3 is 20.1 Å². The Hall–Kier alpha value is -3.61. The molecule has 34 heavy (non-hydrogen) atoms. The summed E-state index contributed by atoms with van der Waals surface area (Å²) in [6, 6.07) is 14.5. The highest BCUT2D eigenvalue weighted by Gasteiger charge is 2.33. The van der Waals surface area contributed by atoms with Crippen molar-refractivity contribution in [2.24, 2.45) is 5.92 Å². The number of urea groups is 1. The Morgan fingerprint density at radius 3 is 2.32 bits per heavy atom. The molecular weight excluding hydrogens is 432 g/mol. The van der Waals surface area contributed by atoms with Crippen LogP contribution in [0.25, 0.3) is 0 Å². The molecule has 2 aromatic rings. The summed E-state index contributed by atoms with van der Waals surface area (Å²) < 4.78 is 11.2. The summed E-state index contributed by atoms with van der Waals surface area (Å²) in [5.41, 5.74) is 2.12. The molecule has 2 amide bonds. The maximum atomic E-state index is 13.1. The third-order valence-corrected chi connectivity index (χ3v) is 6.34. The van der Waals surface area contributed by atoms with Crippen molar-refractivity contribution < 1.29 is 23.9 Å². The van der Waals surface area contributed by atoms with Gasteiger partial charge in [-0.1, -0.05) is 56.5 Å². The van der Waals surface area contributed by atoms with Crippen LogP contribution in [0.5, 0.6) is 5.75 Å². The van der Waals surface area contributed by atoms with Crippen molar-refractivity contribution in [3.8, 4) is 5.75 Å². The van der Waals surface area contributed by atoms with Crippen molar-refractivity contribution in [3.63, 3.8) is 0 Å². The number of esters is 2. The number of hydrogen-bond donors (Lipinski definition) is 2. The number of amides is 2. The minimum atomic E-state index is -0.651. The normalized spacial score (nSPS) is 18.6. The van der Waals surface area contributed by atoms with Gasteiger partial charge in [0.25, 0.3) is 0 Å². The Labute approximate surface area is 199 Å². The Morgan fingerprint density at radius 2 is 1.65 bits per heavy atom. The molecule has 7 heteroatoms. The Balaban J connectivity index is 1.50. The smallest absolute Gasteiger partial charge is 0.343 e. The van der Waals surface area contributed by atoms with Crippen LogP contribution >= 0.6 is 0 Å². The van der Waals surface area contributed by atoms with Gasteiger partial charge in [-0.15, -0.1) is 0 Å². The predicted molar refractivity (Wildman–Crippen MR) is 127 cm³/mol. The van der Waals surface area contributed by atoms with Crippen LogP contribution in [-0.4, -0.2) is 24.6 Å². The van der Waals surface area contributed by atoms with Crippen molar-refractivity contribution in [2.75, 3.05) is 6.61 Å². The van der Waals surface area contributed by atoms with E-state index in [-0.39, 0.29) is 6.03 Å². The molecule has 2 N–H and O–H groups in total. The fourth-order valence-electron chi connectivity index (χ4n) is 4.48. The molecule has 0 radical (unpaired) electrons. The molecule has 7 nitrogen and oxygen atoms in total. The summed E-state index contributed by atoms with van der Waals surface area (Å²) >= 11 is 0. The van der Waals surface area contributed by atoms with E-state index in [1.165, 1.54) is 19.3 Å². The molecule has 1 aliphatic heterocycles. The maximum Gasteiger partial charge on any atom is 0.343 e. The summed E-state index contributed by atoms with van der Waals surface area (Å²) in [4.78, 5) is 37.7. The number of nitrogens with one attached hydrogen (secondary N) is 2. The number of benzene rings is 2. The van der Waals surface area contributed by atoms with Gasteiger partial charge in [0.1, 0.15) is 5.75 Å². The van der Waals surface area contributed by atoms with E-state index < -0.39 is 18.0 Å². The number of carbonyl (C=O) groups excluding carboxylic acids is 3. The van der Waals surface area contributed by atoms with Crippen LogP contribution in [0.1, 0.15) is 67.4 Å². The van der Waals surface area contributed by atoms with Crippen LogP contribution in [-0.2, 0) is 9.53 Å². The van der Waals surface area contributed by atoms with E-state index in [1.807, 2.05) is 13.0 Å². The molecule has 1 aliphatic carbocycles. The Kier molecular flexibility index (Phi) is 7.62. The van der Waals surface area contributed by atoms with Crippen molar-refractivity contribution in [1.82, 2.24) is 10.6 Å². The van der Waals surface area contributed by atoms with Crippen LogP contribution in [0.3, 0.4) is 0 Å². The summed E-state index contributed by atoms with van der Waals surface area (Å²) in [6.07, 6.45) is 6.23. The lowest BCUT2D eigenvalue weighted by Crippen LogP contribution is -2.46. The zero-order valence-corrected chi connectivity index (χ0v) is 19.3.